The molecular weight excluding hydrogens is 272 g/mol. The van der Waals surface area contributed by atoms with Crippen molar-refractivity contribution >= 4 is 5.69 Å². The Morgan fingerprint density at radius 1 is 1.00 bits per heavy atom. The second kappa shape index (κ2) is 7.98. The molecule has 1 heterocycles. The minimum absolute atomic E-state index is 0.0871. The summed E-state index contributed by atoms with van der Waals surface area (Å²) in [5, 5.41) is 13.3. The molecule has 3 rings (SSSR count). The highest BCUT2D eigenvalue weighted by molar-refractivity contribution is 5.51. The molecule has 22 heavy (non-hydrogen) atoms. The normalized spacial score (nSPS) is 21.9. The quantitative estimate of drug-likeness (QED) is 0.872. The molecular formula is C19H30N2O. The first-order valence-corrected chi connectivity index (χ1v) is 9.03. The highest BCUT2D eigenvalue weighted by atomic mass is 16.3. The van der Waals surface area contributed by atoms with Gasteiger partial charge in [0.05, 0.1) is 6.10 Å². The van der Waals surface area contributed by atoms with E-state index in [1.165, 1.54) is 43.4 Å². The van der Waals surface area contributed by atoms with Gasteiger partial charge in [-0.05, 0) is 43.2 Å². The lowest BCUT2D eigenvalue weighted by molar-refractivity contribution is 0.0793. The summed E-state index contributed by atoms with van der Waals surface area (Å²) in [5.74, 6) is 0.854. The molecule has 0 radical (unpaired) electrons. The molecule has 0 bridgehead atoms. The molecule has 0 spiro atoms. The average Bonchev–Trinajstić information content (AvgIpc) is 2.57. The Morgan fingerprint density at radius 3 is 2.50 bits per heavy atom. The first kappa shape index (κ1) is 15.8. The summed E-state index contributed by atoms with van der Waals surface area (Å²) in [6.45, 7) is 4.15. The third kappa shape index (κ3) is 4.47. The van der Waals surface area contributed by atoms with Crippen LogP contribution in [0.15, 0.2) is 24.3 Å². The minimum Gasteiger partial charge on any atom is -0.393 e. The topological polar surface area (TPSA) is 35.5 Å². The molecule has 1 aliphatic heterocycles. The maximum Gasteiger partial charge on any atom is 0.0564 e. The van der Waals surface area contributed by atoms with E-state index < -0.39 is 0 Å². The van der Waals surface area contributed by atoms with E-state index in [4.69, 9.17) is 0 Å². The lowest BCUT2D eigenvalue weighted by Gasteiger charge is -2.30. The van der Waals surface area contributed by atoms with Crippen molar-refractivity contribution in [2.24, 2.45) is 5.92 Å². The maximum atomic E-state index is 9.64. The third-order valence-corrected chi connectivity index (χ3v) is 5.27. The fraction of sp³-hybridized carbons (Fsp3) is 0.684. The third-order valence-electron chi connectivity index (χ3n) is 5.27. The number of nitrogens with zero attached hydrogens (tertiary/aromatic N) is 1. The molecule has 1 aromatic rings. The second-order valence-electron chi connectivity index (χ2n) is 7.05. The average molecular weight is 302 g/mol. The van der Waals surface area contributed by atoms with Gasteiger partial charge in [0.15, 0.2) is 0 Å². The number of benzene rings is 1. The van der Waals surface area contributed by atoms with E-state index in [1.807, 2.05) is 0 Å². The van der Waals surface area contributed by atoms with Gasteiger partial charge in [0.2, 0.25) is 0 Å². The Morgan fingerprint density at radius 2 is 1.73 bits per heavy atom. The highest BCUT2D eigenvalue weighted by Gasteiger charge is 2.18. The number of hydrogen-bond acceptors (Lipinski definition) is 3. The summed E-state index contributed by atoms with van der Waals surface area (Å²) in [4.78, 5) is 2.47. The molecule has 2 N–H and O–H groups in total. The van der Waals surface area contributed by atoms with Gasteiger partial charge in [-0.15, -0.1) is 0 Å². The zero-order chi connectivity index (χ0) is 15.2. The van der Waals surface area contributed by atoms with Gasteiger partial charge in [-0.25, -0.2) is 0 Å². The molecule has 0 amide bonds. The summed E-state index contributed by atoms with van der Waals surface area (Å²) in [6.07, 6.45) is 8.76. The van der Waals surface area contributed by atoms with Crippen LogP contribution in [0.25, 0.3) is 0 Å². The summed E-state index contributed by atoms with van der Waals surface area (Å²) < 4.78 is 0. The lowest BCUT2D eigenvalue weighted by Crippen LogP contribution is -2.35. The molecule has 1 saturated heterocycles. The Hall–Kier alpha value is -1.06. The molecule has 122 valence electrons. The summed E-state index contributed by atoms with van der Waals surface area (Å²) >= 11 is 0. The molecule has 1 saturated carbocycles. The first-order valence-electron chi connectivity index (χ1n) is 9.03. The van der Waals surface area contributed by atoms with Crippen LogP contribution in [-0.2, 0) is 6.54 Å². The highest BCUT2D eigenvalue weighted by Crippen LogP contribution is 2.25. The number of para-hydroxylation sites is 1. The van der Waals surface area contributed by atoms with Gasteiger partial charge in [0.1, 0.15) is 0 Å². The number of rotatable bonds is 5. The molecule has 2 fully saturated rings. The van der Waals surface area contributed by atoms with Crippen molar-refractivity contribution in [1.29, 1.82) is 0 Å². The Bertz CT molecular complexity index is 449. The lowest BCUT2D eigenvalue weighted by atomic mass is 9.89. The van der Waals surface area contributed by atoms with Crippen molar-refractivity contribution in [3.63, 3.8) is 0 Å². The van der Waals surface area contributed by atoms with Gasteiger partial charge in [0, 0.05) is 31.9 Å². The SMILES string of the molecule is OC1CCN(Cc2ccccc2NCC2CCCCC2)CC1. The second-order valence-corrected chi connectivity index (χ2v) is 7.05. The standard InChI is InChI=1S/C19H30N2O/c22-18-10-12-21(13-11-18)15-17-8-4-5-9-19(17)20-14-16-6-2-1-3-7-16/h4-5,8-9,16,18,20,22H,1-3,6-7,10-15H2. The maximum absolute atomic E-state index is 9.64. The Labute approximate surface area is 134 Å². The first-order chi connectivity index (χ1) is 10.8. The predicted molar refractivity (Wildman–Crippen MR) is 92.0 cm³/mol. The molecule has 0 atom stereocenters. The van der Waals surface area contributed by atoms with E-state index in [-0.39, 0.29) is 6.10 Å². The van der Waals surface area contributed by atoms with E-state index in [0.717, 1.165) is 44.9 Å². The van der Waals surface area contributed by atoms with E-state index in [2.05, 4.69) is 34.5 Å². The number of hydrogen-bond donors (Lipinski definition) is 2. The molecule has 3 nitrogen and oxygen atoms in total. The predicted octanol–water partition coefficient (Wildman–Crippen LogP) is 3.64. The van der Waals surface area contributed by atoms with Crippen LogP contribution in [0.3, 0.4) is 0 Å². The van der Waals surface area contributed by atoms with Crippen molar-refractivity contribution in [3.05, 3.63) is 29.8 Å². The van der Waals surface area contributed by atoms with Gasteiger partial charge in [-0.2, -0.15) is 0 Å². The van der Waals surface area contributed by atoms with E-state index in [1.54, 1.807) is 0 Å². The summed E-state index contributed by atoms with van der Waals surface area (Å²) in [5.41, 5.74) is 2.70. The van der Waals surface area contributed by atoms with Gasteiger partial charge >= 0.3 is 0 Å². The molecule has 3 heteroatoms. The smallest absolute Gasteiger partial charge is 0.0564 e. The Kier molecular flexibility index (Phi) is 5.74. The van der Waals surface area contributed by atoms with Gasteiger partial charge in [-0.1, -0.05) is 37.5 Å². The van der Waals surface area contributed by atoms with Crippen molar-refractivity contribution in [1.82, 2.24) is 4.90 Å². The Balaban J connectivity index is 1.55. The number of anilines is 1. The van der Waals surface area contributed by atoms with E-state index >= 15 is 0 Å². The van der Waals surface area contributed by atoms with Crippen molar-refractivity contribution in [3.8, 4) is 0 Å². The van der Waals surface area contributed by atoms with Gasteiger partial charge in [0.25, 0.3) is 0 Å². The number of likely N-dealkylation sites (tertiary alicyclic amines) is 1. The molecule has 1 aromatic carbocycles. The largest absolute Gasteiger partial charge is 0.393 e. The van der Waals surface area contributed by atoms with Crippen LogP contribution in [0.4, 0.5) is 5.69 Å². The van der Waals surface area contributed by atoms with Crippen LogP contribution in [0.1, 0.15) is 50.5 Å². The van der Waals surface area contributed by atoms with Crippen LogP contribution in [0.2, 0.25) is 0 Å². The summed E-state index contributed by atoms with van der Waals surface area (Å²) in [7, 11) is 0. The van der Waals surface area contributed by atoms with Crippen LogP contribution < -0.4 is 5.32 Å². The van der Waals surface area contributed by atoms with Crippen molar-refractivity contribution in [2.45, 2.75) is 57.6 Å². The monoisotopic (exact) mass is 302 g/mol. The minimum atomic E-state index is -0.0871. The molecule has 0 unspecified atom stereocenters. The number of piperidine rings is 1. The van der Waals surface area contributed by atoms with Crippen LogP contribution in [0, 0.1) is 5.92 Å². The van der Waals surface area contributed by atoms with Crippen LogP contribution >= 0.6 is 0 Å². The van der Waals surface area contributed by atoms with E-state index in [9.17, 15) is 5.11 Å². The fourth-order valence-corrected chi connectivity index (χ4v) is 3.79. The number of aliphatic hydroxyl groups excluding tert-OH is 1. The zero-order valence-electron chi connectivity index (χ0n) is 13.6. The van der Waals surface area contributed by atoms with Crippen molar-refractivity contribution < 1.29 is 5.11 Å². The fourth-order valence-electron chi connectivity index (χ4n) is 3.79. The van der Waals surface area contributed by atoms with E-state index in [0.29, 0.717) is 0 Å². The van der Waals surface area contributed by atoms with Crippen LogP contribution in [0.5, 0.6) is 0 Å². The molecule has 1 aliphatic carbocycles. The zero-order valence-corrected chi connectivity index (χ0v) is 13.6. The molecule has 0 aromatic heterocycles. The van der Waals surface area contributed by atoms with Crippen molar-refractivity contribution in [2.75, 3.05) is 25.0 Å². The van der Waals surface area contributed by atoms with Gasteiger partial charge < -0.3 is 10.4 Å². The number of nitrogens with one attached hydrogen (secondary N) is 1. The van der Waals surface area contributed by atoms with Gasteiger partial charge in [-0.3, -0.25) is 4.90 Å². The summed E-state index contributed by atoms with van der Waals surface area (Å²) in [6, 6.07) is 8.73. The number of aliphatic hydroxyl groups is 1. The molecule has 2 aliphatic rings. The van der Waals surface area contributed by atoms with Crippen LogP contribution in [-0.4, -0.2) is 35.7 Å².